The molecule has 0 aliphatic carbocycles. The fourth-order valence-corrected chi connectivity index (χ4v) is 2.47. The van der Waals surface area contributed by atoms with Crippen LogP contribution in [0.15, 0.2) is 18.2 Å². The first-order chi connectivity index (χ1) is 8.19. The number of ether oxygens (including phenoxy) is 1. The van der Waals surface area contributed by atoms with Crippen LogP contribution in [-0.4, -0.2) is 30.8 Å². The molecule has 0 aromatic heterocycles. The molecule has 0 saturated carbocycles. The number of fused-ring (bicyclic) bond motifs is 1. The Morgan fingerprint density at radius 2 is 2.35 bits per heavy atom. The van der Waals surface area contributed by atoms with E-state index in [4.69, 9.17) is 4.74 Å². The normalized spacial score (nSPS) is 15.5. The van der Waals surface area contributed by atoms with Crippen molar-refractivity contribution in [1.29, 1.82) is 0 Å². The molecule has 1 aromatic rings. The molecule has 1 aromatic carbocycles. The maximum Gasteiger partial charge on any atom is 0.326 e. The highest BCUT2D eigenvalue weighted by Crippen LogP contribution is 2.36. The minimum Gasteiger partial charge on any atom is -0.496 e. The molecule has 1 aliphatic rings. The fraction of sp³-hybridized carbons (Fsp3) is 0.462. The average molecular weight is 235 g/mol. The summed E-state index contributed by atoms with van der Waals surface area (Å²) >= 11 is 0. The van der Waals surface area contributed by atoms with Crippen molar-refractivity contribution in [3.05, 3.63) is 23.8 Å². The molecule has 0 amide bonds. The minimum absolute atomic E-state index is 0.441. The molecule has 0 fully saturated rings. The van der Waals surface area contributed by atoms with E-state index in [2.05, 4.69) is 0 Å². The maximum absolute atomic E-state index is 11.2. The summed E-state index contributed by atoms with van der Waals surface area (Å²) < 4.78 is 5.31. The molecule has 4 heteroatoms. The number of hydrogen-bond donors (Lipinski definition) is 1. The lowest BCUT2D eigenvalue weighted by Gasteiger charge is -2.26. The Hall–Kier alpha value is -1.71. The third-order valence-electron chi connectivity index (χ3n) is 3.29. The number of carboxylic acids is 1. The summed E-state index contributed by atoms with van der Waals surface area (Å²) in [5.41, 5.74) is 2.12. The highest BCUT2D eigenvalue weighted by molar-refractivity contribution is 5.80. The van der Waals surface area contributed by atoms with Crippen molar-refractivity contribution in [3.63, 3.8) is 0 Å². The van der Waals surface area contributed by atoms with Gasteiger partial charge in [0.15, 0.2) is 0 Å². The van der Waals surface area contributed by atoms with Crippen molar-refractivity contribution in [2.75, 3.05) is 18.6 Å². The van der Waals surface area contributed by atoms with Crippen molar-refractivity contribution in [2.24, 2.45) is 0 Å². The lowest BCUT2D eigenvalue weighted by atomic mass is 10.1. The molecule has 0 radical (unpaired) electrons. The zero-order valence-corrected chi connectivity index (χ0v) is 10.1. The number of carbonyl (C=O) groups is 1. The van der Waals surface area contributed by atoms with Crippen LogP contribution >= 0.6 is 0 Å². The van der Waals surface area contributed by atoms with Crippen molar-refractivity contribution >= 4 is 11.7 Å². The molecule has 1 aliphatic heterocycles. The molecular weight excluding hydrogens is 218 g/mol. The Bertz CT molecular complexity index is 431. The molecule has 1 heterocycles. The molecule has 2 rings (SSSR count). The van der Waals surface area contributed by atoms with Gasteiger partial charge in [0.05, 0.1) is 7.11 Å². The zero-order chi connectivity index (χ0) is 12.4. The van der Waals surface area contributed by atoms with Gasteiger partial charge in [0.2, 0.25) is 0 Å². The predicted octanol–water partition coefficient (Wildman–Crippen LogP) is 1.92. The van der Waals surface area contributed by atoms with E-state index in [1.807, 2.05) is 30.0 Å². The Morgan fingerprint density at radius 3 is 2.94 bits per heavy atom. The number of carboxylic acid groups (broad SMARTS) is 1. The maximum atomic E-state index is 11.2. The summed E-state index contributed by atoms with van der Waals surface area (Å²) in [6.07, 6.45) is 1.45. The summed E-state index contributed by atoms with van der Waals surface area (Å²) in [6, 6.07) is 5.36. The van der Waals surface area contributed by atoms with E-state index in [1.165, 1.54) is 0 Å². The summed E-state index contributed by atoms with van der Waals surface area (Å²) in [7, 11) is 1.65. The summed E-state index contributed by atoms with van der Waals surface area (Å²) in [4.78, 5) is 13.2. The van der Waals surface area contributed by atoms with Gasteiger partial charge in [-0.1, -0.05) is 13.0 Å². The number of nitrogens with zero attached hydrogens (tertiary/aromatic N) is 1. The average Bonchev–Trinajstić information content (AvgIpc) is 2.73. The zero-order valence-electron chi connectivity index (χ0n) is 10.1. The van der Waals surface area contributed by atoms with Gasteiger partial charge >= 0.3 is 5.97 Å². The van der Waals surface area contributed by atoms with Crippen LogP contribution in [-0.2, 0) is 11.2 Å². The summed E-state index contributed by atoms with van der Waals surface area (Å²) in [6.45, 7) is 2.65. The Kier molecular flexibility index (Phi) is 3.22. The first-order valence-electron chi connectivity index (χ1n) is 5.84. The Balaban J connectivity index is 2.36. The molecule has 17 heavy (non-hydrogen) atoms. The van der Waals surface area contributed by atoms with E-state index >= 15 is 0 Å². The molecule has 0 saturated heterocycles. The first kappa shape index (κ1) is 11.8. The number of aliphatic carboxylic acids is 1. The van der Waals surface area contributed by atoms with Gasteiger partial charge in [0, 0.05) is 17.8 Å². The van der Waals surface area contributed by atoms with Gasteiger partial charge in [0.25, 0.3) is 0 Å². The van der Waals surface area contributed by atoms with Gasteiger partial charge in [-0.15, -0.1) is 0 Å². The SMILES string of the molecule is CCC(C(=O)O)N1CCc2c(OC)cccc21. The number of rotatable bonds is 4. The van der Waals surface area contributed by atoms with Gasteiger partial charge in [-0.3, -0.25) is 0 Å². The molecule has 0 bridgehead atoms. The standard InChI is InChI=1S/C13H17NO3/c1-3-10(13(15)16)14-8-7-9-11(14)5-4-6-12(9)17-2/h4-6,10H,3,7-8H2,1-2H3,(H,15,16). The van der Waals surface area contributed by atoms with Gasteiger partial charge in [-0.05, 0) is 25.0 Å². The Labute approximate surface area is 101 Å². The number of methoxy groups -OCH3 is 1. The first-order valence-corrected chi connectivity index (χ1v) is 5.84. The molecule has 4 nitrogen and oxygen atoms in total. The second-order valence-corrected chi connectivity index (χ2v) is 4.16. The van der Waals surface area contributed by atoms with E-state index in [1.54, 1.807) is 7.11 Å². The van der Waals surface area contributed by atoms with Gasteiger partial charge in [0.1, 0.15) is 11.8 Å². The van der Waals surface area contributed by atoms with Crippen LogP contribution in [0.3, 0.4) is 0 Å². The van der Waals surface area contributed by atoms with E-state index in [0.29, 0.717) is 6.42 Å². The van der Waals surface area contributed by atoms with Gasteiger partial charge < -0.3 is 14.7 Å². The van der Waals surface area contributed by atoms with Crippen LogP contribution in [0.4, 0.5) is 5.69 Å². The molecule has 0 spiro atoms. The monoisotopic (exact) mass is 235 g/mol. The van der Waals surface area contributed by atoms with Gasteiger partial charge in [-0.25, -0.2) is 4.79 Å². The highest BCUT2D eigenvalue weighted by Gasteiger charge is 2.30. The molecule has 1 N–H and O–H groups in total. The van der Waals surface area contributed by atoms with E-state index in [-0.39, 0.29) is 0 Å². The summed E-state index contributed by atoms with van der Waals surface area (Å²) in [5, 5.41) is 9.21. The van der Waals surface area contributed by atoms with Crippen molar-refractivity contribution in [2.45, 2.75) is 25.8 Å². The number of anilines is 1. The third kappa shape index (κ3) is 1.95. The van der Waals surface area contributed by atoms with Crippen molar-refractivity contribution < 1.29 is 14.6 Å². The number of benzene rings is 1. The van der Waals surface area contributed by atoms with Crippen molar-refractivity contribution in [1.82, 2.24) is 0 Å². The van der Waals surface area contributed by atoms with Crippen LogP contribution in [0, 0.1) is 0 Å². The van der Waals surface area contributed by atoms with Crippen LogP contribution in [0.25, 0.3) is 0 Å². The second-order valence-electron chi connectivity index (χ2n) is 4.16. The Morgan fingerprint density at radius 1 is 1.59 bits per heavy atom. The molecule has 1 unspecified atom stereocenters. The second kappa shape index (κ2) is 4.65. The van der Waals surface area contributed by atoms with E-state index < -0.39 is 12.0 Å². The molecular formula is C13H17NO3. The topological polar surface area (TPSA) is 49.8 Å². The van der Waals surface area contributed by atoms with Crippen LogP contribution in [0.2, 0.25) is 0 Å². The van der Waals surface area contributed by atoms with E-state index in [0.717, 1.165) is 30.0 Å². The smallest absolute Gasteiger partial charge is 0.326 e. The highest BCUT2D eigenvalue weighted by atomic mass is 16.5. The minimum atomic E-state index is -0.761. The number of hydrogen-bond acceptors (Lipinski definition) is 3. The van der Waals surface area contributed by atoms with Gasteiger partial charge in [-0.2, -0.15) is 0 Å². The largest absolute Gasteiger partial charge is 0.496 e. The summed E-state index contributed by atoms with van der Waals surface area (Å²) in [5.74, 6) is 0.0911. The molecule has 1 atom stereocenters. The quantitative estimate of drug-likeness (QED) is 0.866. The fourth-order valence-electron chi connectivity index (χ4n) is 2.47. The third-order valence-corrected chi connectivity index (χ3v) is 3.29. The van der Waals surface area contributed by atoms with Crippen molar-refractivity contribution in [3.8, 4) is 5.75 Å². The molecule has 92 valence electrons. The van der Waals surface area contributed by atoms with Crippen LogP contribution in [0.1, 0.15) is 18.9 Å². The van der Waals surface area contributed by atoms with Crippen LogP contribution in [0.5, 0.6) is 5.75 Å². The predicted molar refractivity (Wildman–Crippen MR) is 65.8 cm³/mol. The van der Waals surface area contributed by atoms with Crippen LogP contribution < -0.4 is 9.64 Å². The van der Waals surface area contributed by atoms with E-state index in [9.17, 15) is 9.90 Å². The lowest BCUT2D eigenvalue weighted by molar-refractivity contribution is -0.138. The lowest BCUT2D eigenvalue weighted by Crippen LogP contribution is -2.39.